The summed E-state index contributed by atoms with van der Waals surface area (Å²) in [6.07, 6.45) is -16.3. The van der Waals surface area contributed by atoms with Crippen LogP contribution in [0, 0.1) is 0 Å². The summed E-state index contributed by atoms with van der Waals surface area (Å²) in [5.74, 6) is -1.06. The maximum absolute atomic E-state index is 13.0. The minimum atomic E-state index is -1.76. The Labute approximate surface area is 245 Å². The van der Waals surface area contributed by atoms with E-state index in [0.29, 0.717) is 5.56 Å². The number of phenols is 2. The molecule has 3 heterocycles. The number of benzene rings is 2. The number of aliphatic hydroxyl groups excluding tert-OH is 6. The van der Waals surface area contributed by atoms with Gasteiger partial charge in [-0.25, -0.2) is 0 Å². The number of phenolic OH excluding ortho intramolecular Hbond substituents is 2. The number of carbonyl (C=O) groups is 1. The molecule has 2 fully saturated rings. The van der Waals surface area contributed by atoms with E-state index >= 15 is 0 Å². The lowest BCUT2D eigenvalue weighted by molar-refractivity contribution is -0.354. The van der Waals surface area contributed by atoms with Crippen molar-refractivity contribution < 1.29 is 74.1 Å². The number of carbonyl (C=O) groups excluding carboxylic acids is 1. The van der Waals surface area contributed by atoms with Gasteiger partial charge in [-0.1, -0.05) is 6.07 Å². The zero-order valence-electron chi connectivity index (χ0n) is 23.1. The predicted octanol–water partition coefficient (Wildman–Crippen LogP) is -1.16. The largest absolute Gasteiger partial charge is 0.507 e. The Morgan fingerprint density at radius 2 is 1.63 bits per heavy atom. The molecule has 0 unspecified atom stereocenters. The molecule has 2 aromatic carbocycles. The number of ketones is 1. The van der Waals surface area contributed by atoms with Crippen LogP contribution in [0.25, 0.3) is 0 Å². The Kier molecular flexibility index (Phi) is 8.99. The number of aromatic hydroxyl groups is 2. The van der Waals surface area contributed by atoms with Gasteiger partial charge in [0.25, 0.3) is 0 Å². The molecule has 0 radical (unpaired) electrons. The molecule has 0 aromatic heterocycles. The van der Waals surface area contributed by atoms with Crippen LogP contribution in [-0.4, -0.2) is 122 Å². The van der Waals surface area contributed by atoms with Crippen molar-refractivity contribution >= 4 is 5.78 Å². The number of aliphatic hydroxyl groups is 6. The summed E-state index contributed by atoms with van der Waals surface area (Å²) in [5, 5.41) is 82.4. The molecular weight excluding hydrogens is 576 g/mol. The van der Waals surface area contributed by atoms with E-state index in [9.17, 15) is 45.6 Å². The fraction of sp³-hybridized carbons (Fsp3) is 0.536. The molecule has 3 aliphatic rings. The summed E-state index contributed by atoms with van der Waals surface area (Å²) in [6.45, 7) is 0.699. The van der Waals surface area contributed by atoms with Crippen molar-refractivity contribution in [1.82, 2.24) is 0 Å². The summed E-state index contributed by atoms with van der Waals surface area (Å²) >= 11 is 0. The average Bonchev–Trinajstić information content (AvgIpc) is 2.97. The summed E-state index contributed by atoms with van der Waals surface area (Å²) in [6, 6.07) is 6.89. The quantitative estimate of drug-likeness (QED) is 0.185. The number of ether oxygens (including phenoxy) is 6. The molecule has 0 amide bonds. The zero-order valence-corrected chi connectivity index (χ0v) is 23.1. The standard InChI is InChI=1S/C28H34O15/c1-10-21(33)23(35)25(37)27(39-10)43-26-24(36)22(34)19(9-29)42-28(26)40-12-6-14(31)20-15(32)8-17(41-18(20)7-12)11-3-4-16(38-2)13(30)5-11/h3-7,10,17,19,21-31,33-37H,8-9H2,1-2H3/t10-,17-,19+,21-,22+,23+,24-,25+,26-,27-,28+/m0/s1. The van der Waals surface area contributed by atoms with Crippen molar-refractivity contribution in [3.63, 3.8) is 0 Å². The van der Waals surface area contributed by atoms with Crippen LogP contribution in [0.15, 0.2) is 30.3 Å². The number of hydrogen-bond acceptors (Lipinski definition) is 15. The zero-order chi connectivity index (χ0) is 31.2. The highest BCUT2D eigenvalue weighted by Crippen LogP contribution is 2.43. The third kappa shape index (κ3) is 5.95. The number of rotatable bonds is 7. The van der Waals surface area contributed by atoms with Crippen LogP contribution < -0.4 is 14.2 Å². The van der Waals surface area contributed by atoms with E-state index in [-0.39, 0.29) is 35.0 Å². The van der Waals surface area contributed by atoms with Crippen molar-refractivity contribution in [1.29, 1.82) is 0 Å². The Morgan fingerprint density at radius 3 is 2.30 bits per heavy atom. The molecule has 2 saturated heterocycles. The van der Waals surface area contributed by atoms with E-state index in [1.54, 1.807) is 6.07 Å². The van der Waals surface area contributed by atoms with Crippen molar-refractivity contribution in [2.24, 2.45) is 0 Å². The molecule has 15 nitrogen and oxygen atoms in total. The molecule has 0 saturated carbocycles. The first-order valence-electron chi connectivity index (χ1n) is 13.5. The van der Waals surface area contributed by atoms with Gasteiger partial charge in [0, 0.05) is 12.1 Å². The minimum absolute atomic E-state index is 0.0592. The van der Waals surface area contributed by atoms with Crippen molar-refractivity contribution in [3.8, 4) is 28.7 Å². The second kappa shape index (κ2) is 12.4. The fourth-order valence-electron chi connectivity index (χ4n) is 5.29. The number of methoxy groups -OCH3 is 1. The SMILES string of the molecule is COc1ccc([C@@H]2CC(=O)c3c(O)cc(O[C@@H]4O[C@H](CO)[C@@H](O)[C@H](O)[C@@H]4O[C@@H]4O[C@@H](C)[C@H](O)[C@@H](O)[C@H]4O)cc3O2)cc1O. The molecule has 11 atom stereocenters. The normalized spacial score (nSPS) is 36.0. The third-order valence-corrected chi connectivity index (χ3v) is 7.72. The Hall–Kier alpha value is -3.25. The van der Waals surface area contributed by atoms with E-state index in [0.717, 1.165) is 6.07 Å². The second-order valence-electron chi connectivity index (χ2n) is 10.6. The van der Waals surface area contributed by atoms with Crippen LogP contribution >= 0.6 is 0 Å². The van der Waals surface area contributed by atoms with Crippen LogP contribution in [0.5, 0.6) is 28.7 Å². The van der Waals surface area contributed by atoms with E-state index in [4.69, 9.17) is 28.4 Å². The highest BCUT2D eigenvalue weighted by molar-refractivity contribution is 6.02. The number of fused-ring (bicyclic) bond motifs is 1. The molecule has 0 aliphatic carbocycles. The first-order valence-corrected chi connectivity index (χ1v) is 13.5. The lowest BCUT2D eigenvalue weighted by Crippen LogP contribution is -2.64. The monoisotopic (exact) mass is 610 g/mol. The lowest BCUT2D eigenvalue weighted by Gasteiger charge is -2.45. The van der Waals surface area contributed by atoms with Crippen LogP contribution in [-0.2, 0) is 14.2 Å². The van der Waals surface area contributed by atoms with E-state index in [1.165, 1.54) is 32.2 Å². The average molecular weight is 611 g/mol. The fourth-order valence-corrected chi connectivity index (χ4v) is 5.29. The van der Waals surface area contributed by atoms with Crippen molar-refractivity contribution in [3.05, 3.63) is 41.5 Å². The van der Waals surface area contributed by atoms with Gasteiger partial charge in [0.15, 0.2) is 29.7 Å². The first-order chi connectivity index (χ1) is 20.4. The van der Waals surface area contributed by atoms with Crippen molar-refractivity contribution in [2.75, 3.05) is 13.7 Å². The van der Waals surface area contributed by atoms with Gasteiger partial charge >= 0.3 is 0 Å². The van der Waals surface area contributed by atoms with Gasteiger partial charge in [-0.15, -0.1) is 0 Å². The molecular formula is C28H34O15. The first kappa shape index (κ1) is 31.2. The van der Waals surface area contributed by atoms with Crippen LogP contribution in [0.1, 0.15) is 35.4 Å². The van der Waals surface area contributed by atoms with Gasteiger partial charge in [0.05, 0.1) is 26.2 Å². The lowest BCUT2D eigenvalue weighted by atomic mass is 9.95. The molecule has 5 rings (SSSR count). The smallest absolute Gasteiger partial charge is 0.229 e. The van der Waals surface area contributed by atoms with Crippen LogP contribution in [0.4, 0.5) is 0 Å². The molecule has 0 bridgehead atoms. The molecule has 8 N–H and O–H groups in total. The van der Waals surface area contributed by atoms with Crippen molar-refractivity contribution in [2.45, 2.75) is 80.9 Å². The predicted molar refractivity (Wildman–Crippen MR) is 141 cm³/mol. The summed E-state index contributed by atoms with van der Waals surface area (Å²) in [5.41, 5.74) is 0.352. The maximum Gasteiger partial charge on any atom is 0.229 e. The molecule has 15 heteroatoms. The molecule has 3 aliphatic heterocycles. The minimum Gasteiger partial charge on any atom is -0.507 e. The summed E-state index contributed by atoms with van der Waals surface area (Å²) < 4.78 is 33.7. The summed E-state index contributed by atoms with van der Waals surface area (Å²) in [7, 11) is 1.39. The van der Waals surface area contributed by atoms with Gasteiger partial charge in [-0.05, 0) is 24.6 Å². The third-order valence-electron chi connectivity index (χ3n) is 7.72. The number of Topliss-reactive ketones (excluding diaryl/α,β-unsaturated/α-hetero) is 1. The van der Waals surface area contributed by atoms with E-state index < -0.39 is 85.7 Å². The molecule has 236 valence electrons. The highest BCUT2D eigenvalue weighted by atomic mass is 16.8. The highest BCUT2D eigenvalue weighted by Gasteiger charge is 2.51. The Balaban J connectivity index is 1.41. The van der Waals surface area contributed by atoms with E-state index in [1.807, 2.05) is 0 Å². The number of hydrogen-bond donors (Lipinski definition) is 8. The Bertz CT molecular complexity index is 1320. The van der Waals surface area contributed by atoms with Gasteiger partial charge in [0.1, 0.15) is 65.5 Å². The molecule has 0 spiro atoms. The van der Waals surface area contributed by atoms with Gasteiger partial charge < -0.3 is 69.3 Å². The van der Waals surface area contributed by atoms with Gasteiger partial charge in [-0.2, -0.15) is 0 Å². The van der Waals surface area contributed by atoms with Crippen LogP contribution in [0.3, 0.4) is 0 Å². The Morgan fingerprint density at radius 1 is 0.884 bits per heavy atom. The summed E-state index contributed by atoms with van der Waals surface area (Å²) in [4.78, 5) is 13.0. The van der Waals surface area contributed by atoms with Crippen LogP contribution in [0.2, 0.25) is 0 Å². The van der Waals surface area contributed by atoms with Gasteiger partial charge in [-0.3, -0.25) is 4.79 Å². The molecule has 43 heavy (non-hydrogen) atoms. The van der Waals surface area contributed by atoms with E-state index in [2.05, 4.69) is 0 Å². The topological polar surface area (TPSA) is 234 Å². The molecule has 2 aromatic rings. The maximum atomic E-state index is 13.0. The second-order valence-corrected chi connectivity index (χ2v) is 10.6. The van der Waals surface area contributed by atoms with Gasteiger partial charge in [0.2, 0.25) is 6.29 Å².